The van der Waals surface area contributed by atoms with Crippen LogP contribution in [0.2, 0.25) is 0 Å². The van der Waals surface area contributed by atoms with Gasteiger partial charge in [0.2, 0.25) is 0 Å². The number of benzene rings is 1. The van der Waals surface area contributed by atoms with Crippen molar-refractivity contribution in [2.75, 3.05) is 20.6 Å². The molecule has 0 saturated heterocycles. The fourth-order valence-corrected chi connectivity index (χ4v) is 1.94. The van der Waals surface area contributed by atoms with E-state index < -0.39 is 0 Å². The van der Waals surface area contributed by atoms with E-state index in [9.17, 15) is 4.39 Å². The molecule has 0 spiro atoms. The number of aliphatic imine (C=N–C) groups is 1. The Hall–Kier alpha value is -0.850. The van der Waals surface area contributed by atoms with E-state index in [-0.39, 0.29) is 29.8 Å². The zero-order valence-corrected chi connectivity index (χ0v) is 14.9. The number of guanidine groups is 1. The fourth-order valence-electron chi connectivity index (χ4n) is 1.94. The maximum Gasteiger partial charge on any atom is 0.193 e. The molecule has 0 saturated carbocycles. The van der Waals surface area contributed by atoms with Crippen LogP contribution in [0.5, 0.6) is 0 Å². The van der Waals surface area contributed by atoms with Gasteiger partial charge in [0.05, 0.1) is 0 Å². The molecule has 114 valence electrons. The maximum atomic E-state index is 13.1. The van der Waals surface area contributed by atoms with Gasteiger partial charge in [0.25, 0.3) is 0 Å². The smallest absolute Gasteiger partial charge is 0.193 e. The Morgan fingerprint density at radius 1 is 1.35 bits per heavy atom. The Morgan fingerprint density at radius 3 is 2.70 bits per heavy atom. The van der Waals surface area contributed by atoms with E-state index in [1.54, 1.807) is 19.2 Å². The van der Waals surface area contributed by atoms with Crippen LogP contribution >= 0.6 is 24.0 Å². The average Bonchev–Trinajstić information content (AvgIpc) is 2.38. The van der Waals surface area contributed by atoms with Crippen LogP contribution < -0.4 is 5.32 Å². The van der Waals surface area contributed by atoms with Crippen molar-refractivity contribution in [2.24, 2.45) is 4.99 Å². The van der Waals surface area contributed by atoms with Crippen molar-refractivity contribution >= 4 is 29.9 Å². The molecule has 0 radical (unpaired) electrons. The summed E-state index contributed by atoms with van der Waals surface area (Å²) in [6.45, 7) is 3.75. The van der Waals surface area contributed by atoms with E-state index in [0.717, 1.165) is 24.5 Å². The minimum absolute atomic E-state index is 0. The minimum atomic E-state index is -0.197. The van der Waals surface area contributed by atoms with E-state index in [2.05, 4.69) is 17.2 Å². The second kappa shape index (κ2) is 10.9. The van der Waals surface area contributed by atoms with Crippen LogP contribution in [0.1, 0.15) is 31.7 Å². The highest BCUT2D eigenvalue weighted by Gasteiger charge is 2.06. The Bertz CT molecular complexity index is 410. The first-order valence-corrected chi connectivity index (χ1v) is 6.83. The Balaban J connectivity index is 0.00000361. The summed E-state index contributed by atoms with van der Waals surface area (Å²) in [7, 11) is 3.73. The van der Waals surface area contributed by atoms with Gasteiger partial charge in [-0.2, -0.15) is 0 Å². The number of hydrogen-bond acceptors (Lipinski definition) is 1. The number of unbranched alkanes of at least 4 members (excludes halogenated alkanes) is 2. The lowest BCUT2D eigenvalue weighted by atomic mass is 10.2. The average molecular weight is 393 g/mol. The summed E-state index contributed by atoms with van der Waals surface area (Å²) < 4.78 is 13.1. The summed E-state index contributed by atoms with van der Waals surface area (Å²) in [5.74, 6) is 0.650. The van der Waals surface area contributed by atoms with Gasteiger partial charge in [0.15, 0.2) is 5.96 Å². The Morgan fingerprint density at radius 2 is 2.10 bits per heavy atom. The first kappa shape index (κ1) is 19.1. The molecule has 1 rings (SSSR count). The van der Waals surface area contributed by atoms with Gasteiger partial charge in [-0.05, 0) is 24.1 Å². The molecule has 1 N–H and O–H groups in total. The summed E-state index contributed by atoms with van der Waals surface area (Å²) in [6.07, 6.45) is 3.57. The molecule has 3 nitrogen and oxygen atoms in total. The maximum absolute atomic E-state index is 13.1. The third-order valence-corrected chi connectivity index (χ3v) is 2.95. The second-order valence-electron chi connectivity index (χ2n) is 4.67. The van der Waals surface area contributed by atoms with Crippen LogP contribution in [0.3, 0.4) is 0 Å². The van der Waals surface area contributed by atoms with Crippen LogP contribution in [0.4, 0.5) is 4.39 Å². The molecule has 0 heterocycles. The molecule has 5 heteroatoms. The van der Waals surface area contributed by atoms with Crippen molar-refractivity contribution in [1.29, 1.82) is 0 Å². The van der Waals surface area contributed by atoms with Gasteiger partial charge in [0.1, 0.15) is 5.82 Å². The van der Waals surface area contributed by atoms with Gasteiger partial charge in [-0.25, -0.2) is 4.39 Å². The molecule has 0 aliphatic rings. The van der Waals surface area contributed by atoms with Crippen molar-refractivity contribution < 1.29 is 4.39 Å². The van der Waals surface area contributed by atoms with Crippen LogP contribution in [0, 0.1) is 5.82 Å². The van der Waals surface area contributed by atoms with Crippen molar-refractivity contribution in [3.05, 3.63) is 35.6 Å². The van der Waals surface area contributed by atoms with Crippen LogP contribution in [-0.2, 0) is 6.54 Å². The van der Waals surface area contributed by atoms with E-state index >= 15 is 0 Å². The van der Waals surface area contributed by atoms with Gasteiger partial charge in [0, 0.05) is 27.2 Å². The molecule has 0 fully saturated rings. The molecule has 0 unspecified atom stereocenters. The van der Waals surface area contributed by atoms with Crippen molar-refractivity contribution in [3.63, 3.8) is 0 Å². The predicted octanol–water partition coefficient (Wildman–Crippen LogP) is 3.64. The summed E-state index contributed by atoms with van der Waals surface area (Å²) in [5.41, 5.74) is 0.944. The van der Waals surface area contributed by atoms with E-state index in [0.29, 0.717) is 6.54 Å². The van der Waals surface area contributed by atoms with Crippen LogP contribution in [0.25, 0.3) is 0 Å². The molecule has 20 heavy (non-hydrogen) atoms. The zero-order valence-electron chi connectivity index (χ0n) is 12.5. The molecule has 0 amide bonds. The lowest BCUT2D eigenvalue weighted by Gasteiger charge is -2.22. The third kappa shape index (κ3) is 7.07. The van der Waals surface area contributed by atoms with Gasteiger partial charge in [-0.15, -0.1) is 24.0 Å². The molecule has 1 aromatic carbocycles. The Kier molecular flexibility index (Phi) is 10.4. The lowest BCUT2D eigenvalue weighted by molar-refractivity contribution is 0.473. The standard InChI is InChI=1S/C15H24FN3.HI/c1-4-5-6-10-18-15(17-2)19(3)12-13-8-7-9-14(16)11-13;/h7-9,11H,4-6,10,12H2,1-3H3,(H,17,18);1H. The predicted molar refractivity (Wildman–Crippen MR) is 94.2 cm³/mol. The molecule has 0 bridgehead atoms. The van der Waals surface area contributed by atoms with E-state index in [1.807, 2.05) is 18.0 Å². The molecule has 0 aliphatic heterocycles. The first-order chi connectivity index (χ1) is 9.17. The van der Waals surface area contributed by atoms with Crippen LogP contribution in [0.15, 0.2) is 29.3 Å². The van der Waals surface area contributed by atoms with Crippen molar-refractivity contribution in [1.82, 2.24) is 10.2 Å². The zero-order chi connectivity index (χ0) is 14.1. The molecule has 0 aliphatic carbocycles. The highest BCUT2D eigenvalue weighted by molar-refractivity contribution is 14.0. The monoisotopic (exact) mass is 393 g/mol. The summed E-state index contributed by atoms with van der Waals surface area (Å²) in [4.78, 5) is 6.24. The molecular weight excluding hydrogens is 368 g/mol. The summed E-state index contributed by atoms with van der Waals surface area (Å²) in [5, 5.41) is 3.32. The number of nitrogens with one attached hydrogen (secondary N) is 1. The van der Waals surface area contributed by atoms with Gasteiger partial charge in [-0.1, -0.05) is 31.9 Å². The third-order valence-electron chi connectivity index (χ3n) is 2.95. The number of rotatable bonds is 6. The number of halogens is 2. The quantitative estimate of drug-likeness (QED) is 0.346. The first-order valence-electron chi connectivity index (χ1n) is 6.83. The second-order valence-corrected chi connectivity index (χ2v) is 4.67. The van der Waals surface area contributed by atoms with Gasteiger partial charge >= 0.3 is 0 Å². The van der Waals surface area contributed by atoms with Crippen LogP contribution in [-0.4, -0.2) is 31.5 Å². The molecule has 1 aromatic rings. The number of hydrogen-bond donors (Lipinski definition) is 1. The molecule has 0 aromatic heterocycles. The highest BCUT2D eigenvalue weighted by Crippen LogP contribution is 2.06. The normalized spacial score (nSPS) is 10.9. The fraction of sp³-hybridized carbons (Fsp3) is 0.533. The topological polar surface area (TPSA) is 27.6 Å². The van der Waals surface area contributed by atoms with E-state index in [1.165, 1.54) is 18.9 Å². The minimum Gasteiger partial charge on any atom is -0.356 e. The lowest BCUT2D eigenvalue weighted by Crippen LogP contribution is -2.38. The highest BCUT2D eigenvalue weighted by atomic mass is 127. The van der Waals surface area contributed by atoms with E-state index in [4.69, 9.17) is 0 Å². The van der Waals surface area contributed by atoms with Gasteiger partial charge < -0.3 is 10.2 Å². The largest absolute Gasteiger partial charge is 0.356 e. The van der Waals surface area contributed by atoms with Gasteiger partial charge in [-0.3, -0.25) is 4.99 Å². The Labute approximate surface area is 138 Å². The number of nitrogens with zero attached hydrogens (tertiary/aromatic N) is 2. The summed E-state index contributed by atoms with van der Waals surface area (Å²) >= 11 is 0. The SMILES string of the molecule is CCCCCNC(=NC)N(C)Cc1cccc(F)c1.I. The van der Waals surface area contributed by atoms with Crippen molar-refractivity contribution in [2.45, 2.75) is 32.7 Å². The molecular formula is C15H25FIN3. The molecule has 0 atom stereocenters. The summed E-state index contributed by atoms with van der Waals surface area (Å²) in [6, 6.07) is 6.67. The van der Waals surface area contributed by atoms with Crippen molar-refractivity contribution in [3.8, 4) is 0 Å².